The molecule has 96 valence electrons. The van der Waals surface area contributed by atoms with Gasteiger partial charge in [-0.05, 0) is 30.9 Å². The molecule has 4 heteroatoms. The Labute approximate surface area is 117 Å². The largest absolute Gasteiger partial charge is 0.328 e. The molecule has 3 unspecified atom stereocenters. The van der Waals surface area contributed by atoms with Crippen molar-refractivity contribution in [2.75, 3.05) is 0 Å². The molecule has 1 heterocycles. The summed E-state index contributed by atoms with van der Waals surface area (Å²) in [6.07, 6.45) is 4.23. The van der Waals surface area contributed by atoms with Crippen molar-refractivity contribution in [3.63, 3.8) is 0 Å². The Morgan fingerprint density at radius 1 is 1.33 bits per heavy atom. The van der Waals surface area contributed by atoms with E-state index >= 15 is 0 Å². The third kappa shape index (κ3) is 2.58. The predicted octanol–water partition coefficient (Wildman–Crippen LogP) is 3.28. The van der Waals surface area contributed by atoms with Gasteiger partial charge in [0.25, 0.3) is 0 Å². The maximum atomic E-state index is 6.19. The number of fused-ring (bicyclic) bond motifs is 1. The lowest BCUT2D eigenvalue weighted by Crippen LogP contribution is -2.35. The fourth-order valence-electron chi connectivity index (χ4n) is 2.70. The third-order valence-corrected chi connectivity index (χ3v) is 5.39. The van der Waals surface area contributed by atoms with Crippen LogP contribution in [-0.2, 0) is 6.42 Å². The lowest BCUT2D eigenvalue weighted by Gasteiger charge is -2.27. The Hall–Kier alpha value is -0.510. The van der Waals surface area contributed by atoms with E-state index in [1.54, 1.807) is 0 Å². The number of hydrogen-bond donors (Lipinski definition) is 1. The Morgan fingerprint density at radius 3 is 3.00 bits per heavy atom. The van der Waals surface area contributed by atoms with Crippen molar-refractivity contribution in [2.45, 2.75) is 43.0 Å². The van der Waals surface area contributed by atoms with E-state index in [-0.39, 0.29) is 0 Å². The zero-order chi connectivity index (χ0) is 12.5. The molecule has 1 fully saturated rings. The van der Waals surface area contributed by atoms with Crippen LogP contribution < -0.4 is 5.73 Å². The summed E-state index contributed by atoms with van der Waals surface area (Å²) < 4.78 is 0. The summed E-state index contributed by atoms with van der Waals surface area (Å²) in [5.74, 6) is 0. The number of thioether (sulfide) groups is 1. The Balaban J connectivity index is 1.70. The van der Waals surface area contributed by atoms with Gasteiger partial charge >= 0.3 is 0 Å². The second-order valence-electron chi connectivity index (χ2n) is 5.09. The van der Waals surface area contributed by atoms with Crippen molar-refractivity contribution < 1.29 is 0 Å². The molecule has 0 saturated heterocycles. The molecule has 0 amide bonds. The minimum atomic E-state index is 0.369. The normalized spacial score (nSPS) is 31.0. The van der Waals surface area contributed by atoms with Gasteiger partial charge < -0.3 is 5.73 Å². The van der Waals surface area contributed by atoms with Crippen LogP contribution in [0.25, 0.3) is 0 Å². The first-order valence-corrected chi connectivity index (χ1v) is 7.70. The topological polar surface area (TPSA) is 38.4 Å². The Morgan fingerprint density at radius 2 is 2.17 bits per heavy atom. The fraction of sp³-hybridized carbons (Fsp3) is 0.500. The molecule has 1 aromatic carbocycles. The number of benzene rings is 1. The third-order valence-electron chi connectivity index (χ3n) is 3.69. The van der Waals surface area contributed by atoms with Gasteiger partial charge in [-0.25, -0.2) is 0 Å². The highest BCUT2D eigenvalue weighted by atomic mass is 35.5. The van der Waals surface area contributed by atoms with Crippen LogP contribution in [0, 0.1) is 0 Å². The van der Waals surface area contributed by atoms with E-state index in [0.29, 0.717) is 17.3 Å². The first-order chi connectivity index (χ1) is 8.72. The van der Waals surface area contributed by atoms with Crippen molar-refractivity contribution in [1.82, 2.24) is 0 Å². The molecular formula is C14H17ClN2S. The summed E-state index contributed by atoms with van der Waals surface area (Å²) in [6.45, 7) is 0. The highest BCUT2D eigenvalue weighted by Crippen LogP contribution is 2.38. The van der Waals surface area contributed by atoms with Crippen molar-refractivity contribution in [3.8, 4) is 0 Å². The highest BCUT2D eigenvalue weighted by molar-refractivity contribution is 8.14. The molecule has 1 saturated carbocycles. The van der Waals surface area contributed by atoms with Gasteiger partial charge in [-0.1, -0.05) is 29.8 Å². The Kier molecular flexibility index (Phi) is 3.64. The van der Waals surface area contributed by atoms with Gasteiger partial charge in [-0.2, -0.15) is 0 Å². The number of halogens is 1. The molecule has 1 aliphatic heterocycles. The average molecular weight is 281 g/mol. The molecule has 2 N–H and O–H groups in total. The summed E-state index contributed by atoms with van der Waals surface area (Å²) in [5, 5.41) is 2.67. The maximum Gasteiger partial charge on any atom is 0.0727 e. The first-order valence-electron chi connectivity index (χ1n) is 6.44. The standard InChI is InChI=1S/C14H17ClN2S/c15-11-4-2-1-3-9(11)7-14-17-12-6-5-10(16)8-13(12)18-14/h1-4,10,12-13H,5-8,16H2. The van der Waals surface area contributed by atoms with Gasteiger partial charge in [0.05, 0.1) is 11.1 Å². The van der Waals surface area contributed by atoms with E-state index in [9.17, 15) is 0 Å². The number of rotatable bonds is 2. The number of nitrogens with two attached hydrogens (primary N) is 1. The number of aliphatic imine (C=N–C) groups is 1. The highest BCUT2D eigenvalue weighted by Gasteiger charge is 2.34. The first kappa shape index (κ1) is 12.5. The molecule has 3 atom stereocenters. The molecule has 3 rings (SSSR count). The van der Waals surface area contributed by atoms with Crippen molar-refractivity contribution in [2.24, 2.45) is 10.7 Å². The van der Waals surface area contributed by atoms with E-state index in [0.717, 1.165) is 30.7 Å². The van der Waals surface area contributed by atoms with Crippen molar-refractivity contribution >= 4 is 28.4 Å². The van der Waals surface area contributed by atoms with Crippen LogP contribution in [0.15, 0.2) is 29.3 Å². The van der Waals surface area contributed by atoms with Gasteiger partial charge in [0.2, 0.25) is 0 Å². The van der Waals surface area contributed by atoms with Crippen LogP contribution in [0.5, 0.6) is 0 Å². The van der Waals surface area contributed by atoms with Crippen LogP contribution >= 0.6 is 23.4 Å². The van der Waals surface area contributed by atoms with Crippen molar-refractivity contribution in [1.29, 1.82) is 0 Å². The smallest absolute Gasteiger partial charge is 0.0727 e. The van der Waals surface area contributed by atoms with Crippen LogP contribution in [-0.4, -0.2) is 22.4 Å². The molecule has 2 aliphatic rings. The minimum absolute atomic E-state index is 0.369. The molecule has 0 spiro atoms. The van der Waals surface area contributed by atoms with Gasteiger partial charge in [0.1, 0.15) is 0 Å². The monoisotopic (exact) mass is 280 g/mol. The average Bonchev–Trinajstić information content (AvgIpc) is 2.73. The molecule has 0 aromatic heterocycles. The molecular weight excluding hydrogens is 264 g/mol. The second kappa shape index (κ2) is 5.24. The molecule has 0 radical (unpaired) electrons. The lowest BCUT2D eigenvalue weighted by atomic mass is 9.92. The van der Waals surface area contributed by atoms with E-state index in [2.05, 4.69) is 6.07 Å². The molecule has 1 aromatic rings. The summed E-state index contributed by atoms with van der Waals surface area (Å²) in [7, 11) is 0. The fourth-order valence-corrected chi connectivity index (χ4v) is 4.39. The molecule has 0 bridgehead atoms. The van der Waals surface area contributed by atoms with E-state index in [1.165, 1.54) is 10.6 Å². The summed E-state index contributed by atoms with van der Waals surface area (Å²) >= 11 is 8.11. The summed E-state index contributed by atoms with van der Waals surface area (Å²) in [5.41, 5.74) is 7.20. The van der Waals surface area contributed by atoms with Gasteiger partial charge in [-0.15, -0.1) is 11.8 Å². The van der Waals surface area contributed by atoms with E-state index in [4.69, 9.17) is 22.3 Å². The lowest BCUT2D eigenvalue weighted by molar-refractivity contribution is 0.411. The van der Waals surface area contributed by atoms with Gasteiger partial charge in [-0.3, -0.25) is 4.99 Å². The van der Waals surface area contributed by atoms with Crippen LogP contribution in [0.2, 0.25) is 5.02 Å². The zero-order valence-corrected chi connectivity index (χ0v) is 11.8. The number of nitrogens with zero attached hydrogens (tertiary/aromatic N) is 1. The summed E-state index contributed by atoms with van der Waals surface area (Å²) in [6, 6.07) is 8.89. The number of hydrogen-bond acceptors (Lipinski definition) is 3. The quantitative estimate of drug-likeness (QED) is 0.903. The van der Waals surface area contributed by atoms with Gasteiger partial charge in [0, 0.05) is 22.7 Å². The van der Waals surface area contributed by atoms with Crippen LogP contribution in [0.4, 0.5) is 0 Å². The Bertz CT molecular complexity index is 475. The molecule has 18 heavy (non-hydrogen) atoms. The van der Waals surface area contributed by atoms with Gasteiger partial charge in [0.15, 0.2) is 0 Å². The predicted molar refractivity (Wildman–Crippen MR) is 79.6 cm³/mol. The van der Waals surface area contributed by atoms with Crippen LogP contribution in [0.3, 0.4) is 0 Å². The SMILES string of the molecule is NC1CCC2N=C(Cc3ccccc3Cl)SC2C1. The van der Waals surface area contributed by atoms with Crippen LogP contribution in [0.1, 0.15) is 24.8 Å². The van der Waals surface area contributed by atoms with E-state index in [1.807, 2.05) is 30.0 Å². The van der Waals surface area contributed by atoms with E-state index < -0.39 is 0 Å². The molecule has 2 nitrogen and oxygen atoms in total. The minimum Gasteiger partial charge on any atom is -0.328 e. The van der Waals surface area contributed by atoms with Crippen molar-refractivity contribution in [3.05, 3.63) is 34.9 Å². The summed E-state index contributed by atoms with van der Waals surface area (Å²) in [4.78, 5) is 4.85. The second-order valence-corrected chi connectivity index (χ2v) is 6.81. The zero-order valence-electron chi connectivity index (χ0n) is 10.2. The maximum absolute atomic E-state index is 6.19. The molecule has 1 aliphatic carbocycles.